The second kappa shape index (κ2) is 3.38. The molecule has 0 saturated heterocycles. The summed E-state index contributed by atoms with van der Waals surface area (Å²) in [5.74, 6) is 0. The zero-order chi connectivity index (χ0) is 9.71. The van der Waals surface area contributed by atoms with E-state index in [2.05, 4.69) is 0 Å². The Morgan fingerprint density at radius 3 is 1.67 bits per heavy atom. The van der Waals surface area contributed by atoms with Gasteiger partial charge in [0.1, 0.15) is 0 Å². The second-order valence-corrected chi connectivity index (χ2v) is 3.46. The Kier molecular flexibility index (Phi) is 2.30. The molecule has 0 aliphatic heterocycles. The van der Waals surface area contributed by atoms with Crippen LogP contribution in [0.3, 0.4) is 0 Å². The molecule has 1 aliphatic rings. The first-order valence-electron chi connectivity index (χ1n) is 4.49. The van der Waals surface area contributed by atoms with Crippen molar-refractivity contribution in [2.45, 2.75) is 0 Å². The van der Waals surface area contributed by atoms with Crippen molar-refractivity contribution in [2.75, 3.05) is 0 Å². The third-order valence-electron chi connectivity index (χ3n) is 2.69. The molecule has 0 aromatic heterocycles. The normalized spacial score (nSPS) is 13.1. The van der Waals surface area contributed by atoms with Crippen LogP contribution in [0.2, 0.25) is 0 Å². The van der Waals surface area contributed by atoms with Crippen LogP contribution in [-0.2, 0) is 20.4 Å². The van der Waals surface area contributed by atoms with Crippen molar-refractivity contribution in [1.82, 2.24) is 0 Å². The summed E-state index contributed by atoms with van der Waals surface area (Å²) in [6, 6.07) is 11.7. The van der Waals surface area contributed by atoms with E-state index < -0.39 is 0 Å². The first-order valence-corrected chi connectivity index (χ1v) is 4.49. The molecule has 0 saturated carbocycles. The van der Waals surface area contributed by atoms with Gasteiger partial charge in [-0.05, 0) is 5.39 Å². The molecule has 2 aromatic carbocycles. The number of nitrogens with one attached hydrogen (secondary N) is 2. The van der Waals surface area contributed by atoms with Gasteiger partial charge in [0.15, 0.2) is 0 Å². The molecule has 1 aliphatic carbocycles. The minimum Gasteiger partial charge on any atom is -0.298 e. The van der Waals surface area contributed by atoms with Gasteiger partial charge in [-0.15, -0.1) is 0 Å². The standard InChI is InChI=1S/C12H8N2.Pd/c13-11-8-5-1-3-7-4-2-6-9(10(7)8)12(11)14;/h1-6,13-14H;. The van der Waals surface area contributed by atoms with Crippen LogP contribution in [0.25, 0.3) is 10.8 Å². The van der Waals surface area contributed by atoms with Crippen molar-refractivity contribution in [3.63, 3.8) is 0 Å². The Balaban J connectivity index is 0.000000853. The van der Waals surface area contributed by atoms with E-state index in [1.54, 1.807) is 0 Å². The van der Waals surface area contributed by atoms with Crippen LogP contribution in [-0.4, -0.2) is 11.4 Å². The molecule has 2 nitrogen and oxygen atoms in total. The minimum atomic E-state index is 0. The topological polar surface area (TPSA) is 47.7 Å². The van der Waals surface area contributed by atoms with Gasteiger partial charge in [0.05, 0.1) is 11.4 Å². The predicted octanol–water partition coefficient (Wildman–Crippen LogP) is 2.59. The van der Waals surface area contributed by atoms with Gasteiger partial charge in [0.2, 0.25) is 0 Å². The molecule has 3 heteroatoms. The summed E-state index contributed by atoms with van der Waals surface area (Å²) in [6.45, 7) is 0. The van der Waals surface area contributed by atoms with Crippen LogP contribution in [0.15, 0.2) is 36.4 Å². The van der Waals surface area contributed by atoms with E-state index in [4.69, 9.17) is 10.8 Å². The Morgan fingerprint density at radius 1 is 0.733 bits per heavy atom. The summed E-state index contributed by atoms with van der Waals surface area (Å²) in [5.41, 5.74) is 2.47. The zero-order valence-electron chi connectivity index (χ0n) is 7.78. The van der Waals surface area contributed by atoms with Crippen molar-refractivity contribution in [1.29, 1.82) is 10.8 Å². The summed E-state index contributed by atoms with van der Waals surface area (Å²) in [6.07, 6.45) is 0. The van der Waals surface area contributed by atoms with Gasteiger partial charge >= 0.3 is 0 Å². The molecule has 76 valence electrons. The first kappa shape index (κ1) is 10.2. The summed E-state index contributed by atoms with van der Waals surface area (Å²) >= 11 is 0. The van der Waals surface area contributed by atoms with Crippen LogP contribution < -0.4 is 0 Å². The van der Waals surface area contributed by atoms with E-state index in [1.165, 1.54) is 0 Å². The van der Waals surface area contributed by atoms with E-state index >= 15 is 0 Å². The summed E-state index contributed by atoms with van der Waals surface area (Å²) in [4.78, 5) is 0. The molecule has 0 amide bonds. The Morgan fingerprint density at radius 2 is 1.20 bits per heavy atom. The molecule has 0 radical (unpaired) electrons. The Hall–Kier alpha value is -1.30. The molecule has 2 aromatic rings. The van der Waals surface area contributed by atoms with Crippen molar-refractivity contribution < 1.29 is 20.4 Å². The molecule has 0 heterocycles. The van der Waals surface area contributed by atoms with Gasteiger partial charge in [-0.1, -0.05) is 36.4 Å². The van der Waals surface area contributed by atoms with E-state index in [0.29, 0.717) is 11.4 Å². The zero-order valence-corrected chi connectivity index (χ0v) is 9.33. The molecule has 0 bridgehead atoms. The molecule has 0 fully saturated rings. The summed E-state index contributed by atoms with van der Waals surface area (Å²) in [5, 5.41) is 17.8. The van der Waals surface area contributed by atoms with Crippen LogP contribution in [0.4, 0.5) is 0 Å². The molecular weight excluding hydrogens is 279 g/mol. The van der Waals surface area contributed by atoms with Gasteiger partial charge in [0, 0.05) is 36.9 Å². The molecule has 15 heavy (non-hydrogen) atoms. The summed E-state index contributed by atoms with van der Waals surface area (Å²) < 4.78 is 0. The smallest absolute Gasteiger partial charge is 0.0874 e. The van der Waals surface area contributed by atoms with Crippen molar-refractivity contribution in [3.8, 4) is 0 Å². The largest absolute Gasteiger partial charge is 0.298 e. The SMILES string of the molecule is N=C1C(=N)c2cccc3cccc1c23.[Pd]. The monoisotopic (exact) mass is 286 g/mol. The van der Waals surface area contributed by atoms with Crippen molar-refractivity contribution in [2.24, 2.45) is 0 Å². The molecule has 0 spiro atoms. The maximum absolute atomic E-state index is 7.80. The maximum atomic E-state index is 7.80. The van der Waals surface area contributed by atoms with E-state index in [9.17, 15) is 0 Å². The van der Waals surface area contributed by atoms with Gasteiger partial charge in [-0.3, -0.25) is 10.8 Å². The second-order valence-electron chi connectivity index (χ2n) is 3.46. The van der Waals surface area contributed by atoms with Crippen molar-refractivity contribution >= 4 is 22.2 Å². The van der Waals surface area contributed by atoms with Crippen LogP contribution >= 0.6 is 0 Å². The fraction of sp³-hybridized carbons (Fsp3) is 0. The Bertz CT molecular complexity index is 538. The van der Waals surface area contributed by atoms with Gasteiger partial charge in [-0.25, -0.2) is 0 Å². The minimum absolute atomic E-state index is 0. The molecule has 0 unspecified atom stereocenters. The third-order valence-corrected chi connectivity index (χ3v) is 2.69. The average Bonchev–Trinajstić information content (AvgIpc) is 2.47. The van der Waals surface area contributed by atoms with Gasteiger partial charge < -0.3 is 0 Å². The number of hydrogen-bond donors (Lipinski definition) is 2. The first-order chi connectivity index (χ1) is 6.79. The fourth-order valence-corrected chi connectivity index (χ4v) is 2.03. The Labute approximate surface area is 101 Å². The fourth-order valence-electron chi connectivity index (χ4n) is 2.03. The van der Waals surface area contributed by atoms with Crippen LogP contribution in [0.1, 0.15) is 11.1 Å². The third kappa shape index (κ3) is 1.21. The molecular formula is C12H8N2Pd. The molecule has 0 atom stereocenters. The van der Waals surface area contributed by atoms with E-state index in [1.807, 2.05) is 36.4 Å². The van der Waals surface area contributed by atoms with Gasteiger partial charge in [-0.2, -0.15) is 0 Å². The van der Waals surface area contributed by atoms with Crippen LogP contribution in [0.5, 0.6) is 0 Å². The van der Waals surface area contributed by atoms with Crippen LogP contribution in [0, 0.1) is 10.8 Å². The summed E-state index contributed by atoms with van der Waals surface area (Å²) in [7, 11) is 0. The van der Waals surface area contributed by atoms with E-state index in [0.717, 1.165) is 21.9 Å². The van der Waals surface area contributed by atoms with Crippen molar-refractivity contribution in [3.05, 3.63) is 47.5 Å². The number of rotatable bonds is 0. The number of benzene rings is 2. The number of hydrogen-bond acceptors (Lipinski definition) is 2. The predicted molar refractivity (Wildman–Crippen MR) is 57.6 cm³/mol. The average molecular weight is 287 g/mol. The quantitative estimate of drug-likeness (QED) is 0.700. The van der Waals surface area contributed by atoms with Gasteiger partial charge in [0.25, 0.3) is 0 Å². The van der Waals surface area contributed by atoms with E-state index in [-0.39, 0.29) is 20.4 Å². The molecule has 3 rings (SSSR count). The molecule has 2 N–H and O–H groups in total. The maximum Gasteiger partial charge on any atom is 0.0874 e.